The predicted octanol–water partition coefficient (Wildman–Crippen LogP) is 10.2. The molecule has 0 spiro atoms. The number of hydrogen-bond donors (Lipinski definition) is 5. The van der Waals surface area contributed by atoms with Crippen LogP contribution >= 0.6 is 19.6 Å². The lowest BCUT2D eigenvalue weighted by atomic mass is 10.0. The number of hydrogen-bond acceptors (Lipinski definition) is 56. The van der Waals surface area contributed by atoms with Crippen molar-refractivity contribution in [1.82, 2.24) is 21.3 Å². The van der Waals surface area contributed by atoms with Crippen LogP contribution in [-0.2, 0) is 264 Å². The number of amides is 4. The summed E-state index contributed by atoms with van der Waals surface area (Å²) in [6.07, 6.45) is 37.8. The molecule has 5 atom stereocenters. The first kappa shape index (κ1) is 109. The van der Waals surface area contributed by atoms with E-state index >= 15 is 0 Å². The van der Waals surface area contributed by atoms with E-state index in [1.165, 1.54) is 135 Å². The van der Waals surface area contributed by atoms with E-state index in [9.17, 15) is 33.4 Å². The number of fused-ring (bicyclic) bond motifs is 1. The molecule has 2 rings (SSSR count). The highest BCUT2D eigenvalue weighted by Crippen LogP contribution is 2.43. The topological polar surface area (TPSA) is 623 Å². The Morgan fingerprint density at radius 2 is 0.771 bits per heavy atom. The summed E-state index contributed by atoms with van der Waals surface area (Å²) in [6.45, 7) is 1.69. The fourth-order valence-electron chi connectivity index (χ4n) is 9.70. The van der Waals surface area contributed by atoms with E-state index in [0.717, 1.165) is 76.0 Å². The van der Waals surface area contributed by atoms with Crippen molar-refractivity contribution in [3.05, 3.63) is 12.5 Å². The van der Waals surface area contributed by atoms with Crippen LogP contribution in [0.1, 0.15) is 245 Å². The Morgan fingerprint density at radius 1 is 0.415 bits per heavy atom. The average Bonchev–Trinajstić information content (AvgIpc) is 1.67. The second-order valence-electron chi connectivity index (χ2n) is 23.4. The lowest BCUT2D eigenvalue weighted by molar-refractivity contribution is -0.909. The van der Waals surface area contributed by atoms with E-state index < -0.39 is 65.0 Å². The minimum atomic E-state index is -4.77. The molecule has 0 aromatic heterocycles. The molecule has 1 unspecified atom stereocenters. The van der Waals surface area contributed by atoms with Crippen molar-refractivity contribution in [2.24, 2.45) is 0 Å². The molecule has 2 saturated heterocycles. The van der Waals surface area contributed by atoms with E-state index in [1.807, 2.05) is 0 Å². The Morgan fingerprint density at radius 3 is 1.17 bits per heavy atom. The second-order valence-corrected chi connectivity index (χ2v) is 26.1. The number of urea groups is 1. The third kappa shape index (κ3) is 76.1. The molecule has 5 N–H and O–H groups in total. The normalized spacial score (nSPS) is 15.3. The molecule has 0 aromatic rings. The van der Waals surface area contributed by atoms with Crippen LogP contribution in [0.25, 0.3) is 0 Å². The van der Waals surface area contributed by atoms with E-state index in [1.54, 1.807) is 11.8 Å². The van der Waals surface area contributed by atoms with Crippen molar-refractivity contribution in [3.63, 3.8) is 0 Å². The molecule has 0 aliphatic carbocycles. The molecule has 4 amide bonds. The van der Waals surface area contributed by atoms with Crippen molar-refractivity contribution in [2.75, 3.05) is 45.3 Å². The lowest BCUT2D eigenvalue weighted by Crippen LogP contribution is -2.36. The quantitative estimate of drug-likeness (QED) is 0.00552. The summed E-state index contributed by atoms with van der Waals surface area (Å²) in [4.78, 5) is 80.0. The Labute approximate surface area is 673 Å². The van der Waals surface area contributed by atoms with Gasteiger partial charge >= 0.3 is 31.9 Å². The van der Waals surface area contributed by atoms with Gasteiger partial charge in [0.2, 0.25) is 5.91 Å². The molecule has 694 valence electrons. The number of nitrogens with one attached hydrogen (secondary N) is 4. The summed E-state index contributed by atoms with van der Waals surface area (Å²) in [5.74, 6) is -0.498. The molecule has 2 aliphatic heterocycles. The average molecular weight is 1790 g/mol. The number of ether oxygens (including phenoxy) is 3. The molecule has 2 aliphatic rings. The highest BCUT2D eigenvalue weighted by atomic mass is 32.2. The monoisotopic (exact) mass is 1790 g/mol. The summed E-state index contributed by atoms with van der Waals surface area (Å²) in [6, 6.07) is 0.0824. The molecular formula is C56H103N4O56PS. The number of rotatable bonds is 95. The molecule has 0 radical (unpaired) electrons. The van der Waals surface area contributed by atoms with Gasteiger partial charge < -0.3 is 45.3 Å². The molecular weight excluding hydrogens is 1690 g/mol. The predicted molar refractivity (Wildman–Crippen MR) is 345 cm³/mol. The molecule has 2 heterocycles. The summed E-state index contributed by atoms with van der Waals surface area (Å²) in [5, 5.41) is 164. The van der Waals surface area contributed by atoms with Crippen molar-refractivity contribution in [1.29, 1.82) is 0 Å². The van der Waals surface area contributed by atoms with Crippen LogP contribution < -0.4 is 21.3 Å². The zero-order valence-corrected chi connectivity index (χ0v) is 65.8. The maximum atomic E-state index is 12.9. The van der Waals surface area contributed by atoms with Crippen LogP contribution in [0, 0.1) is 0 Å². The van der Waals surface area contributed by atoms with Crippen molar-refractivity contribution in [2.45, 2.75) is 268 Å². The number of esters is 2. The molecule has 60 nitrogen and oxygen atoms in total. The maximum Gasteiger partial charge on any atom is 0.472 e. The van der Waals surface area contributed by atoms with Crippen molar-refractivity contribution in [3.8, 4) is 0 Å². The molecule has 0 bridgehead atoms. The molecule has 2 fully saturated rings. The smallest absolute Gasteiger partial charge is 0.462 e. The molecule has 0 saturated carbocycles. The minimum absolute atomic E-state index is 0.101. The van der Waals surface area contributed by atoms with Crippen LogP contribution in [0.3, 0.4) is 0 Å². The van der Waals surface area contributed by atoms with Crippen LogP contribution in [0.5, 0.6) is 0 Å². The first-order valence-electron chi connectivity index (χ1n) is 36.8. The first-order chi connectivity index (χ1) is 58.0. The summed E-state index contributed by atoms with van der Waals surface area (Å²) in [7, 11) is -4.77. The van der Waals surface area contributed by atoms with E-state index in [0.29, 0.717) is 24.5 Å². The van der Waals surface area contributed by atoms with Crippen molar-refractivity contribution < 1.29 is 278 Å². The standard InChI is InChI=1S/C56H103N4O56PS/c1-3-5-7-9-11-13-15-17-19-21-23-25-27-29-31-37-52(62)69-45-48(74-53(63)38-32-30-28-26-24-22-20-18-16-14-12-10-8-6-4-2)46-73-117(66,67)72-42-40-58-56(65)68-43-44-71-76-78-80-82-84-86-88-90-92-94-96-98-100-102-104-106-108-110-112-114-116-115-113-111-109-107-105-103-101-99-97-95-93-91-89-87-85-83-81-79-77-75-70-41-39-57-51(61)36-34-33-35-50-54-49(47-118-50)59-55(64)60-54/h39,41,48-50,54H,3-38,40,42-47H2,1-2H3,(H,57,61)(H,58,65)(H,66,67)(H2,59,60,64)/b41-39+/t48-,49+,50+,54+/m1/s1. The summed E-state index contributed by atoms with van der Waals surface area (Å²) < 4.78 is 38.5. The van der Waals surface area contributed by atoms with Gasteiger partial charge in [-0.25, -0.2) is 19.0 Å². The van der Waals surface area contributed by atoms with Crippen LogP contribution in [0.2, 0.25) is 0 Å². The van der Waals surface area contributed by atoms with E-state index in [4.69, 9.17) is 23.3 Å². The highest BCUT2D eigenvalue weighted by Gasteiger charge is 2.42. The third-order valence-electron chi connectivity index (χ3n) is 14.8. The highest BCUT2D eigenvalue weighted by molar-refractivity contribution is 8.00. The van der Waals surface area contributed by atoms with Crippen LogP contribution in [0.15, 0.2) is 12.5 Å². The fraction of sp³-hybridized carbons (Fsp3) is 0.875. The van der Waals surface area contributed by atoms with Crippen LogP contribution in [-0.4, -0.2) is 104 Å². The Kier molecular flexibility index (Phi) is 79.5. The van der Waals surface area contributed by atoms with Gasteiger partial charge in [0.15, 0.2) is 6.10 Å². The van der Waals surface area contributed by atoms with Gasteiger partial charge in [-0.1, -0.05) is 200 Å². The Bertz CT molecular complexity index is 2360. The number of phosphoric acid groups is 1. The number of carbonyl (C=O) groups excluding carboxylic acids is 5. The summed E-state index contributed by atoms with van der Waals surface area (Å²) in [5.41, 5.74) is 0. The van der Waals surface area contributed by atoms with Gasteiger partial charge in [-0.05, 0) is 66.0 Å². The maximum absolute atomic E-state index is 12.9. The Balaban J connectivity index is 1.30. The van der Waals surface area contributed by atoms with Gasteiger partial charge in [0.25, 0.3) is 0 Å². The van der Waals surface area contributed by atoms with E-state index in [-0.39, 0.29) is 49.8 Å². The zero-order valence-electron chi connectivity index (χ0n) is 64.1. The number of thioether (sulfide) groups is 1. The Hall–Kier alpha value is -4.77. The van der Waals surface area contributed by atoms with Gasteiger partial charge in [0, 0.05) is 214 Å². The van der Waals surface area contributed by atoms with Gasteiger partial charge in [0.05, 0.1) is 25.3 Å². The molecule has 62 heteroatoms. The number of unbranched alkanes of at least 4 members (excludes halogenated alkanes) is 29. The molecule has 118 heavy (non-hydrogen) atoms. The van der Waals surface area contributed by atoms with Gasteiger partial charge in [0.1, 0.15) is 26.1 Å². The zero-order chi connectivity index (χ0) is 84.7. The van der Waals surface area contributed by atoms with E-state index in [2.05, 4.69) is 256 Å². The number of carbonyl (C=O) groups is 5. The molecule has 0 aromatic carbocycles. The fourth-order valence-corrected chi connectivity index (χ4v) is 12.0. The van der Waals surface area contributed by atoms with Crippen LogP contribution in [0.4, 0.5) is 9.59 Å². The van der Waals surface area contributed by atoms with Gasteiger partial charge in [-0.3, -0.25) is 23.4 Å². The van der Waals surface area contributed by atoms with Crippen molar-refractivity contribution >= 4 is 49.6 Å². The number of phosphoric ester groups is 1. The first-order valence-corrected chi connectivity index (χ1v) is 39.4. The minimum Gasteiger partial charge on any atom is -0.462 e. The second kappa shape index (κ2) is 85.8. The van der Waals surface area contributed by atoms with Gasteiger partial charge in [-0.15, -0.1) is 0 Å². The third-order valence-corrected chi connectivity index (χ3v) is 17.3. The largest absolute Gasteiger partial charge is 0.472 e. The lowest BCUT2D eigenvalue weighted by Gasteiger charge is -2.20. The van der Waals surface area contributed by atoms with Gasteiger partial charge in [-0.2, -0.15) is 11.8 Å². The number of alkyl carbamates (subject to hydrolysis) is 1. The summed E-state index contributed by atoms with van der Waals surface area (Å²) >= 11 is 1.79. The SMILES string of the molecule is CCCCCCCCCCCCCCCCCC(=O)OC[C@H](COP(=O)(O)OCCNC(=O)OCCOOOOOOOOOOOOOOOOOOOOOOOOOOOOOOOOOOOOOOOOOOOO/C=C/NC(=O)CCCC[C@@H]1SC[C@@H]2NC(=O)N[C@@H]21)OC(=O)CCCCCCCCCCCCCCCCC.